The molecule has 0 saturated carbocycles. The number of rotatable bonds is 9. The molecule has 0 radical (unpaired) electrons. The Balaban J connectivity index is 1.37. The molecule has 1 aromatic heterocycles. The van der Waals surface area contributed by atoms with Gasteiger partial charge in [0.2, 0.25) is 0 Å². The largest absolute Gasteiger partial charge is 0.494 e. The van der Waals surface area contributed by atoms with E-state index in [0.29, 0.717) is 11.5 Å². The minimum atomic E-state index is 0.0100. The third kappa shape index (κ3) is 6.36. The summed E-state index contributed by atoms with van der Waals surface area (Å²) in [5, 5.41) is 7.47. The van der Waals surface area contributed by atoms with Crippen LogP contribution in [0.4, 0.5) is 0 Å². The number of thiophene rings is 1. The van der Waals surface area contributed by atoms with E-state index in [0.717, 1.165) is 64.2 Å². The van der Waals surface area contributed by atoms with Crippen molar-refractivity contribution in [3.8, 4) is 5.75 Å². The lowest BCUT2D eigenvalue weighted by molar-refractivity contribution is 0.0935. The maximum atomic E-state index is 12.4. The maximum Gasteiger partial charge on any atom is 0.251 e. The van der Waals surface area contributed by atoms with Crippen LogP contribution in [0.25, 0.3) is 0 Å². The van der Waals surface area contributed by atoms with Gasteiger partial charge in [0.05, 0.1) is 6.61 Å². The molecule has 0 atom stereocenters. The van der Waals surface area contributed by atoms with Gasteiger partial charge < -0.3 is 10.1 Å². The van der Waals surface area contributed by atoms with Crippen molar-refractivity contribution >= 4 is 17.2 Å². The topological polar surface area (TPSA) is 41.6 Å². The van der Waals surface area contributed by atoms with Crippen LogP contribution in [0, 0.1) is 5.92 Å². The Labute approximate surface area is 166 Å². The summed E-state index contributed by atoms with van der Waals surface area (Å²) in [4.78, 5) is 14.9. The molecule has 2 aromatic rings. The Kier molecular flexibility index (Phi) is 7.72. The number of carbonyl (C=O) groups is 1. The zero-order valence-corrected chi connectivity index (χ0v) is 17.0. The van der Waals surface area contributed by atoms with Crippen LogP contribution in [0.3, 0.4) is 0 Å². The normalized spacial score (nSPS) is 15.6. The van der Waals surface area contributed by atoms with Crippen LogP contribution in [0.2, 0.25) is 0 Å². The summed E-state index contributed by atoms with van der Waals surface area (Å²) in [5.41, 5.74) is 2.11. The molecule has 146 valence electrons. The molecule has 1 saturated heterocycles. The highest BCUT2D eigenvalue weighted by Crippen LogP contribution is 2.19. The minimum Gasteiger partial charge on any atom is -0.494 e. The smallest absolute Gasteiger partial charge is 0.251 e. The van der Waals surface area contributed by atoms with E-state index < -0.39 is 0 Å². The van der Waals surface area contributed by atoms with E-state index >= 15 is 0 Å². The Bertz CT molecular complexity index is 677. The van der Waals surface area contributed by atoms with Crippen molar-refractivity contribution in [2.45, 2.75) is 39.2 Å². The Morgan fingerprint density at radius 3 is 2.67 bits per heavy atom. The second-order valence-corrected chi connectivity index (χ2v) is 8.07. The van der Waals surface area contributed by atoms with Crippen LogP contribution in [-0.2, 0) is 6.54 Å². The minimum absolute atomic E-state index is 0.0100. The van der Waals surface area contributed by atoms with Gasteiger partial charge in [-0.3, -0.25) is 9.69 Å². The standard InChI is InChI=1S/C22H30N2O2S/c1-2-3-13-26-21-6-4-20(5-7-21)22(25)23-15-18-8-11-24(12-9-18)16-19-10-14-27-17-19/h4-7,10,14,17-18H,2-3,8-9,11-13,15-16H2,1H3,(H,23,25). The average Bonchev–Trinajstić information content (AvgIpc) is 3.21. The van der Waals surface area contributed by atoms with Gasteiger partial charge >= 0.3 is 0 Å². The number of amides is 1. The number of ether oxygens (including phenoxy) is 1. The number of hydrogen-bond donors (Lipinski definition) is 1. The molecule has 4 nitrogen and oxygen atoms in total. The fraction of sp³-hybridized carbons (Fsp3) is 0.500. The van der Waals surface area contributed by atoms with Crippen molar-refractivity contribution in [2.75, 3.05) is 26.2 Å². The van der Waals surface area contributed by atoms with Crippen molar-refractivity contribution in [2.24, 2.45) is 5.92 Å². The number of hydrogen-bond acceptors (Lipinski definition) is 4. The van der Waals surface area contributed by atoms with Gasteiger partial charge in [-0.15, -0.1) is 0 Å². The lowest BCUT2D eigenvalue weighted by Gasteiger charge is -2.31. The zero-order valence-electron chi connectivity index (χ0n) is 16.2. The lowest BCUT2D eigenvalue weighted by Crippen LogP contribution is -2.38. The second-order valence-electron chi connectivity index (χ2n) is 7.29. The highest BCUT2D eigenvalue weighted by Gasteiger charge is 2.20. The maximum absolute atomic E-state index is 12.4. The number of benzene rings is 1. The molecular weight excluding hydrogens is 356 g/mol. The number of nitrogens with one attached hydrogen (secondary N) is 1. The number of likely N-dealkylation sites (tertiary alicyclic amines) is 1. The van der Waals surface area contributed by atoms with Crippen LogP contribution in [-0.4, -0.2) is 37.0 Å². The fourth-order valence-corrected chi connectivity index (χ4v) is 4.03. The summed E-state index contributed by atoms with van der Waals surface area (Å²) in [6.07, 6.45) is 4.46. The van der Waals surface area contributed by atoms with E-state index in [1.807, 2.05) is 24.3 Å². The van der Waals surface area contributed by atoms with Crippen molar-refractivity contribution < 1.29 is 9.53 Å². The van der Waals surface area contributed by atoms with Crippen LogP contribution < -0.4 is 10.1 Å². The number of carbonyl (C=O) groups excluding carboxylic acids is 1. The molecule has 1 aliphatic heterocycles. The molecule has 3 rings (SSSR count). The SMILES string of the molecule is CCCCOc1ccc(C(=O)NCC2CCN(Cc3ccsc3)CC2)cc1. The summed E-state index contributed by atoms with van der Waals surface area (Å²) in [6, 6.07) is 9.66. The van der Waals surface area contributed by atoms with E-state index in [9.17, 15) is 4.79 Å². The fourth-order valence-electron chi connectivity index (χ4n) is 3.37. The molecule has 1 aliphatic rings. The first-order chi connectivity index (χ1) is 13.2. The lowest BCUT2D eigenvalue weighted by atomic mass is 9.96. The Hall–Kier alpha value is -1.85. The molecule has 27 heavy (non-hydrogen) atoms. The van der Waals surface area contributed by atoms with Crippen molar-refractivity contribution in [3.05, 3.63) is 52.2 Å². The van der Waals surface area contributed by atoms with Crippen molar-refractivity contribution in [1.29, 1.82) is 0 Å². The Morgan fingerprint density at radius 1 is 1.22 bits per heavy atom. The first kappa shape index (κ1) is 19.9. The molecule has 5 heteroatoms. The predicted octanol–water partition coefficient (Wildman–Crippen LogP) is 4.57. The van der Waals surface area contributed by atoms with E-state index in [1.165, 1.54) is 5.56 Å². The van der Waals surface area contributed by atoms with Crippen molar-refractivity contribution in [3.63, 3.8) is 0 Å². The summed E-state index contributed by atoms with van der Waals surface area (Å²) in [5.74, 6) is 1.41. The molecule has 1 amide bonds. The van der Waals surface area contributed by atoms with Gasteiger partial charge in [-0.2, -0.15) is 11.3 Å². The predicted molar refractivity (Wildman–Crippen MR) is 111 cm³/mol. The van der Waals surface area contributed by atoms with Gasteiger partial charge in [-0.05, 0) is 84.9 Å². The van der Waals surface area contributed by atoms with Gasteiger partial charge in [0.25, 0.3) is 5.91 Å². The first-order valence-electron chi connectivity index (χ1n) is 9.99. The van der Waals surface area contributed by atoms with Gasteiger partial charge in [0.1, 0.15) is 5.75 Å². The highest BCUT2D eigenvalue weighted by molar-refractivity contribution is 7.07. The molecule has 1 aromatic carbocycles. The highest BCUT2D eigenvalue weighted by atomic mass is 32.1. The third-order valence-corrected chi connectivity index (χ3v) is 5.86. The summed E-state index contributed by atoms with van der Waals surface area (Å²) < 4.78 is 5.65. The monoisotopic (exact) mass is 386 g/mol. The van der Waals surface area contributed by atoms with E-state index in [4.69, 9.17) is 4.74 Å². The molecule has 0 spiro atoms. The summed E-state index contributed by atoms with van der Waals surface area (Å²) in [6.45, 7) is 6.91. The molecule has 1 N–H and O–H groups in total. The van der Waals surface area contributed by atoms with Gasteiger partial charge in [-0.25, -0.2) is 0 Å². The van der Waals surface area contributed by atoms with Gasteiger partial charge in [0.15, 0.2) is 0 Å². The number of unbranched alkanes of at least 4 members (excludes halogenated alkanes) is 1. The van der Waals surface area contributed by atoms with Crippen LogP contribution in [0.5, 0.6) is 5.75 Å². The molecule has 0 bridgehead atoms. The average molecular weight is 387 g/mol. The Morgan fingerprint density at radius 2 is 2.00 bits per heavy atom. The van der Waals surface area contributed by atoms with Crippen LogP contribution >= 0.6 is 11.3 Å². The van der Waals surface area contributed by atoms with Crippen LogP contribution in [0.1, 0.15) is 48.5 Å². The van der Waals surface area contributed by atoms with Crippen LogP contribution in [0.15, 0.2) is 41.1 Å². The molecular formula is C22H30N2O2S. The zero-order chi connectivity index (χ0) is 18.9. The second kappa shape index (κ2) is 10.5. The molecule has 1 fully saturated rings. The third-order valence-electron chi connectivity index (χ3n) is 5.13. The summed E-state index contributed by atoms with van der Waals surface area (Å²) in [7, 11) is 0. The molecule has 0 aliphatic carbocycles. The van der Waals surface area contributed by atoms with E-state index in [1.54, 1.807) is 11.3 Å². The first-order valence-corrected chi connectivity index (χ1v) is 10.9. The van der Waals surface area contributed by atoms with E-state index in [2.05, 4.69) is 34.0 Å². The quantitative estimate of drug-likeness (QED) is 0.642. The molecule has 2 heterocycles. The molecule has 0 unspecified atom stereocenters. The number of piperidine rings is 1. The van der Waals surface area contributed by atoms with Gasteiger partial charge in [0, 0.05) is 18.7 Å². The van der Waals surface area contributed by atoms with Crippen molar-refractivity contribution in [1.82, 2.24) is 10.2 Å². The summed E-state index contributed by atoms with van der Waals surface area (Å²) >= 11 is 1.76. The van der Waals surface area contributed by atoms with Gasteiger partial charge in [-0.1, -0.05) is 13.3 Å². The number of nitrogens with zero attached hydrogens (tertiary/aromatic N) is 1. The van der Waals surface area contributed by atoms with E-state index in [-0.39, 0.29) is 5.91 Å².